The molecule has 6 nitrogen and oxygen atoms in total. The van der Waals surface area contributed by atoms with E-state index < -0.39 is 5.54 Å². The molecule has 2 fully saturated rings. The maximum Gasteiger partial charge on any atom is 0.190 e. The Bertz CT molecular complexity index is 1080. The van der Waals surface area contributed by atoms with Crippen molar-refractivity contribution in [3.05, 3.63) is 95.8 Å². The fourth-order valence-corrected chi connectivity index (χ4v) is 5.10. The minimum Gasteiger partial charge on any atom is -0.497 e. The first kappa shape index (κ1) is 22.7. The van der Waals surface area contributed by atoms with Crippen molar-refractivity contribution >= 4 is 5.78 Å². The Morgan fingerprint density at radius 2 is 1.68 bits per heavy atom. The Morgan fingerprint density at radius 3 is 2.29 bits per heavy atom. The molecule has 3 aromatic rings. The molecule has 5 rings (SSSR count). The molecule has 2 saturated heterocycles. The first-order valence-electron chi connectivity index (χ1n) is 11.9. The maximum atomic E-state index is 14.3. The second-order valence-corrected chi connectivity index (χ2v) is 8.95. The van der Waals surface area contributed by atoms with Crippen LogP contribution in [0.3, 0.4) is 0 Å². The Balaban J connectivity index is 1.40. The van der Waals surface area contributed by atoms with Gasteiger partial charge >= 0.3 is 0 Å². The standard InChI is InChI=1S/C28H31N3O3/c1-33-25-9-7-23(8-10-25)27(32)28(26-21-34-26,24-5-3-2-4-6-24)31-19-17-30(18-20-31)16-13-22-11-14-29-15-12-22/h2-12,14-15,26H,13,16-21H2,1H3. The van der Waals surface area contributed by atoms with Gasteiger partial charge in [0.2, 0.25) is 0 Å². The zero-order chi connectivity index (χ0) is 23.4. The number of benzene rings is 2. The Labute approximate surface area is 201 Å². The maximum absolute atomic E-state index is 14.3. The highest BCUT2D eigenvalue weighted by molar-refractivity contribution is 6.04. The van der Waals surface area contributed by atoms with Crippen LogP contribution in [0.1, 0.15) is 21.5 Å². The lowest BCUT2D eigenvalue weighted by Gasteiger charge is -2.46. The SMILES string of the molecule is COc1ccc(C(=O)C(c2ccccc2)(C2CO2)N2CCN(CCc3ccncc3)CC2)cc1. The van der Waals surface area contributed by atoms with Gasteiger partial charge in [-0.1, -0.05) is 30.3 Å². The second kappa shape index (κ2) is 10.1. The minimum atomic E-state index is -0.826. The van der Waals surface area contributed by atoms with Crippen LogP contribution in [0.25, 0.3) is 0 Å². The number of ketones is 1. The Kier molecular flexibility index (Phi) is 6.72. The number of Topliss-reactive ketones (excluding diaryl/α,β-unsaturated/α-hetero) is 1. The number of epoxide rings is 1. The number of hydrogen-bond acceptors (Lipinski definition) is 6. The molecule has 0 amide bonds. The van der Waals surface area contributed by atoms with Crippen LogP contribution in [0.2, 0.25) is 0 Å². The van der Waals surface area contributed by atoms with Crippen molar-refractivity contribution < 1.29 is 14.3 Å². The summed E-state index contributed by atoms with van der Waals surface area (Å²) in [5, 5.41) is 0. The van der Waals surface area contributed by atoms with E-state index in [-0.39, 0.29) is 11.9 Å². The van der Waals surface area contributed by atoms with Crippen LogP contribution in [-0.2, 0) is 16.7 Å². The van der Waals surface area contributed by atoms with Gasteiger partial charge in [-0.2, -0.15) is 0 Å². The van der Waals surface area contributed by atoms with Crippen molar-refractivity contribution in [3.63, 3.8) is 0 Å². The molecule has 2 atom stereocenters. The van der Waals surface area contributed by atoms with Crippen molar-refractivity contribution in [2.45, 2.75) is 18.1 Å². The predicted molar refractivity (Wildman–Crippen MR) is 131 cm³/mol. The van der Waals surface area contributed by atoms with E-state index in [1.54, 1.807) is 7.11 Å². The van der Waals surface area contributed by atoms with Gasteiger partial charge in [-0.25, -0.2) is 0 Å². The summed E-state index contributed by atoms with van der Waals surface area (Å²) in [6, 6.07) is 21.8. The third-order valence-electron chi connectivity index (χ3n) is 7.05. The fourth-order valence-electron chi connectivity index (χ4n) is 5.10. The molecule has 2 unspecified atom stereocenters. The Morgan fingerprint density at radius 1 is 1.00 bits per heavy atom. The molecule has 6 heteroatoms. The number of nitrogens with zero attached hydrogens (tertiary/aromatic N) is 3. The molecule has 2 aliphatic heterocycles. The summed E-state index contributed by atoms with van der Waals surface area (Å²) >= 11 is 0. The molecule has 0 N–H and O–H groups in total. The molecule has 0 radical (unpaired) electrons. The topological polar surface area (TPSA) is 58.2 Å². The molecule has 2 aliphatic rings. The first-order chi connectivity index (χ1) is 16.7. The van der Waals surface area contributed by atoms with E-state index >= 15 is 0 Å². The van der Waals surface area contributed by atoms with Crippen LogP contribution >= 0.6 is 0 Å². The lowest BCUT2D eigenvalue weighted by atomic mass is 9.77. The molecule has 1 aromatic heterocycles. The fraction of sp³-hybridized carbons (Fsp3) is 0.357. The number of methoxy groups -OCH3 is 1. The van der Waals surface area contributed by atoms with Gasteiger partial charge in [0.1, 0.15) is 17.4 Å². The summed E-state index contributed by atoms with van der Waals surface area (Å²) in [7, 11) is 1.64. The molecular weight excluding hydrogens is 426 g/mol. The van der Waals surface area contributed by atoms with Crippen LogP contribution in [0.15, 0.2) is 79.1 Å². The summed E-state index contributed by atoms with van der Waals surface area (Å²) in [6.45, 7) is 5.06. The van der Waals surface area contributed by atoms with E-state index in [0.717, 1.165) is 50.5 Å². The number of aromatic nitrogens is 1. The molecular formula is C28H31N3O3. The summed E-state index contributed by atoms with van der Waals surface area (Å²) in [6.07, 6.45) is 4.56. The lowest BCUT2D eigenvalue weighted by Crippen LogP contribution is -2.61. The normalized spacial score (nSPS) is 20.4. The van der Waals surface area contributed by atoms with Gasteiger partial charge < -0.3 is 14.4 Å². The van der Waals surface area contributed by atoms with E-state index in [1.807, 2.05) is 54.9 Å². The van der Waals surface area contributed by atoms with E-state index in [0.29, 0.717) is 12.2 Å². The Hall–Kier alpha value is -3.06. The molecule has 34 heavy (non-hydrogen) atoms. The highest BCUT2D eigenvalue weighted by Crippen LogP contribution is 2.43. The minimum absolute atomic E-state index is 0.0917. The van der Waals surface area contributed by atoms with E-state index in [4.69, 9.17) is 9.47 Å². The van der Waals surface area contributed by atoms with Crippen LogP contribution in [0.4, 0.5) is 0 Å². The zero-order valence-electron chi connectivity index (χ0n) is 19.6. The molecule has 0 spiro atoms. The van der Waals surface area contributed by atoms with Gasteiger partial charge in [0.15, 0.2) is 5.78 Å². The van der Waals surface area contributed by atoms with Crippen LogP contribution in [0.5, 0.6) is 5.75 Å². The summed E-state index contributed by atoms with van der Waals surface area (Å²) < 4.78 is 11.2. The van der Waals surface area contributed by atoms with E-state index in [1.165, 1.54) is 5.56 Å². The van der Waals surface area contributed by atoms with Crippen LogP contribution in [-0.4, -0.2) is 73.1 Å². The molecule has 0 saturated carbocycles. The average Bonchev–Trinajstić information content (AvgIpc) is 3.76. The van der Waals surface area contributed by atoms with Crippen molar-refractivity contribution in [2.75, 3.05) is 46.4 Å². The third-order valence-corrected chi connectivity index (χ3v) is 7.05. The number of ether oxygens (including phenoxy) is 2. The summed E-state index contributed by atoms with van der Waals surface area (Å²) in [5.41, 5.74) is 2.16. The molecule has 0 aliphatic carbocycles. The van der Waals surface area contributed by atoms with Gasteiger partial charge in [0, 0.05) is 50.7 Å². The van der Waals surface area contributed by atoms with Crippen molar-refractivity contribution in [1.29, 1.82) is 0 Å². The summed E-state index contributed by atoms with van der Waals surface area (Å²) in [4.78, 5) is 23.2. The number of pyridine rings is 1. The largest absolute Gasteiger partial charge is 0.497 e. The monoisotopic (exact) mass is 457 g/mol. The van der Waals surface area contributed by atoms with E-state index in [9.17, 15) is 4.79 Å². The van der Waals surface area contributed by atoms with Crippen molar-refractivity contribution in [3.8, 4) is 5.75 Å². The number of hydrogen-bond donors (Lipinski definition) is 0. The highest BCUT2D eigenvalue weighted by atomic mass is 16.6. The number of rotatable bonds is 9. The van der Waals surface area contributed by atoms with Gasteiger partial charge in [0.05, 0.1) is 13.7 Å². The molecule has 3 heterocycles. The second-order valence-electron chi connectivity index (χ2n) is 8.95. The van der Waals surface area contributed by atoms with Crippen LogP contribution < -0.4 is 4.74 Å². The van der Waals surface area contributed by atoms with Gasteiger partial charge in [-0.15, -0.1) is 0 Å². The molecule has 2 aromatic carbocycles. The van der Waals surface area contributed by atoms with Gasteiger partial charge in [0.25, 0.3) is 0 Å². The quantitative estimate of drug-likeness (QED) is 0.363. The smallest absolute Gasteiger partial charge is 0.190 e. The van der Waals surface area contributed by atoms with Crippen molar-refractivity contribution in [2.24, 2.45) is 0 Å². The third kappa shape index (κ3) is 4.49. The number of piperazine rings is 1. The summed E-state index contributed by atoms with van der Waals surface area (Å²) in [5.74, 6) is 0.835. The van der Waals surface area contributed by atoms with Crippen molar-refractivity contribution in [1.82, 2.24) is 14.8 Å². The number of carbonyl (C=O) groups excluding carboxylic acids is 1. The lowest BCUT2D eigenvalue weighted by molar-refractivity contribution is 0.0143. The van der Waals surface area contributed by atoms with E-state index in [2.05, 4.69) is 39.0 Å². The number of carbonyl (C=O) groups is 1. The van der Waals surface area contributed by atoms with Gasteiger partial charge in [-0.3, -0.25) is 14.7 Å². The zero-order valence-corrected chi connectivity index (χ0v) is 19.6. The molecule has 176 valence electrons. The predicted octanol–water partition coefficient (Wildman–Crippen LogP) is 3.43. The van der Waals surface area contributed by atoms with Crippen LogP contribution in [0, 0.1) is 0 Å². The molecule has 0 bridgehead atoms. The van der Waals surface area contributed by atoms with Gasteiger partial charge in [-0.05, 0) is 53.9 Å². The highest BCUT2D eigenvalue weighted by Gasteiger charge is 2.57. The first-order valence-corrected chi connectivity index (χ1v) is 11.9. The average molecular weight is 458 g/mol.